The Morgan fingerprint density at radius 2 is 1.67 bits per heavy atom. The van der Waals surface area contributed by atoms with Gasteiger partial charge in [-0.15, -0.1) is 0 Å². The number of nitrogens with one attached hydrogen (secondary N) is 2. The summed E-state index contributed by atoms with van der Waals surface area (Å²) in [6.45, 7) is 6.42. The van der Waals surface area contributed by atoms with Crippen LogP contribution in [-0.4, -0.2) is 31.9 Å². The standard InChI is InChI=1S/C20H22Cl2N2O5S/c1-12(18(25)23-16-8-6-5-7-14(16)21)29-19(26)13-9-10-15(22)17(11-13)30(27,28)24-20(2,3)4/h5-12,24H,1-4H3,(H,23,25). The number of ether oxygens (including phenoxy) is 1. The highest BCUT2D eigenvalue weighted by atomic mass is 35.5. The molecule has 2 aromatic rings. The summed E-state index contributed by atoms with van der Waals surface area (Å²) in [5.41, 5.74) is -0.435. The summed E-state index contributed by atoms with van der Waals surface area (Å²) >= 11 is 12.0. The molecule has 2 aromatic carbocycles. The fourth-order valence-corrected chi connectivity index (χ4v) is 4.50. The average molecular weight is 473 g/mol. The maximum absolute atomic E-state index is 12.6. The van der Waals surface area contributed by atoms with E-state index in [2.05, 4.69) is 10.0 Å². The molecule has 1 atom stereocenters. The van der Waals surface area contributed by atoms with Gasteiger partial charge in [0.2, 0.25) is 10.0 Å². The molecule has 30 heavy (non-hydrogen) atoms. The number of carbonyl (C=O) groups is 2. The van der Waals surface area contributed by atoms with Gasteiger partial charge in [-0.25, -0.2) is 17.9 Å². The Bertz CT molecular complexity index is 1070. The van der Waals surface area contributed by atoms with Crippen molar-refractivity contribution >= 4 is 50.8 Å². The minimum Gasteiger partial charge on any atom is -0.449 e. The van der Waals surface area contributed by atoms with Crippen LogP contribution in [0.4, 0.5) is 5.69 Å². The predicted molar refractivity (Wildman–Crippen MR) is 116 cm³/mol. The van der Waals surface area contributed by atoms with Crippen molar-refractivity contribution in [2.75, 3.05) is 5.32 Å². The summed E-state index contributed by atoms with van der Waals surface area (Å²) in [4.78, 5) is 24.5. The lowest BCUT2D eigenvalue weighted by atomic mass is 10.1. The SMILES string of the molecule is CC(OC(=O)c1ccc(Cl)c(S(=O)(=O)NC(C)(C)C)c1)C(=O)Nc1ccccc1Cl. The fraction of sp³-hybridized carbons (Fsp3) is 0.300. The number of anilines is 1. The topological polar surface area (TPSA) is 102 Å². The van der Waals surface area contributed by atoms with Gasteiger partial charge in [0.25, 0.3) is 5.91 Å². The highest BCUT2D eigenvalue weighted by molar-refractivity contribution is 7.89. The van der Waals surface area contributed by atoms with Gasteiger partial charge < -0.3 is 10.1 Å². The van der Waals surface area contributed by atoms with E-state index in [-0.39, 0.29) is 15.5 Å². The zero-order valence-electron chi connectivity index (χ0n) is 16.8. The van der Waals surface area contributed by atoms with E-state index in [4.69, 9.17) is 27.9 Å². The van der Waals surface area contributed by atoms with Crippen LogP contribution < -0.4 is 10.0 Å². The van der Waals surface area contributed by atoms with E-state index in [1.807, 2.05) is 0 Å². The molecule has 0 saturated carbocycles. The lowest BCUT2D eigenvalue weighted by Crippen LogP contribution is -2.40. The average Bonchev–Trinajstić information content (AvgIpc) is 2.61. The largest absolute Gasteiger partial charge is 0.449 e. The number of esters is 1. The maximum Gasteiger partial charge on any atom is 0.338 e. The molecular weight excluding hydrogens is 451 g/mol. The molecule has 0 aromatic heterocycles. The van der Waals surface area contributed by atoms with Crippen LogP contribution in [0.15, 0.2) is 47.4 Å². The molecule has 162 valence electrons. The third-order valence-corrected chi connectivity index (χ3v) is 6.25. The molecule has 0 aliphatic carbocycles. The maximum atomic E-state index is 12.6. The molecule has 1 unspecified atom stereocenters. The molecule has 10 heteroatoms. The third-order valence-electron chi connectivity index (χ3n) is 3.68. The third kappa shape index (κ3) is 6.43. The first-order valence-electron chi connectivity index (χ1n) is 8.90. The molecule has 7 nitrogen and oxygen atoms in total. The van der Waals surface area contributed by atoms with Crippen LogP contribution >= 0.6 is 23.2 Å². The highest BCUT2D eigenvalue weighted by Gasteiger charge is 2.26. The Hall–Kier alpha value is -2.13. The highest BCUT2D eigenvalue weighted by Crippen LogP contribution is 2.25. The number of carbonyl (C=O) groups excluding carboxylic acids is 2. The summed E-state index contributed by atoms with van der Waals surface area (Å²) < 4.78 is 32.8. The Kier molecular flexibility index (Phi) is 7.52. The number of halogens is 2. The second kappa shape index (κ2) is 9.34. The molecule has 0 heterocycles. The Morgan fingerprint density at radius 3 is 2.27 bits per heavy atom. The van der Waals surface area contributed by atoms with E-state index in [0.717, 1.165) is 6.07 Å². The van der Waals surface area contributed by atoms with Gasteiger partial charge in [-0.05, 0) is 58.0 Å². The number of rotatable bonds is 6. The summed E-state index contributed by atoms with van der Waals surface area (Å²) in [5, 5.41) is 2.85. The monoisotopic (exact) mass is 472 g/mol. The van der Waals surface area contributed by atoms with Crippen LogP contribution in [0.5, 0.6) is 0 Å². The fourth-order valence-electron chi connectivity index (χ4n) is 2.37. The molecule has 0 fully saturated rings. The summed E-state index contributed by atoms with van der Waals surface area (Å²) in [5.74, 6) is -1.46. The van der Waals surface area contributed by atoms with Crippen LogP contribution in [0.25, 0.3) is 0 Å². The Morgan fingerprint density at radius 1 is 1.03 bits per heavy atom. The number of sulfonamides is 1. The summed E-state index contributed by atoms with van der Waals surface area (Å²) in [6, 6.07) is 10.3. The van der Waals surface area contributed by atoms with Crippen molar-refractivity contribution in [1.29, 1.82) is 0 Å². The quantitative estimate of drug-likeness (QED) is 0.611. The first-order chi connectivity index (χ1) is 13.8. The molecule has 1 amide bonds. The van der Waals surface area contributed by atoms with Gasteiger partial charge >= 0.3 is 5.97 Å². The molecule has 2 rings (SSSR count). The Labute approximate surface area is 185 Å². The van der Waals surface area contributed by atoms with Crippen molar-refractivity contribution in [2.45, 2.75) is 44.2 Å². The summed E-state index contributed by atoms with van der Waals surface area (Å²) in [7, 11) is -3.98. The van der Waals surface area contributed by atoms with E-state index >= 15 is 0 Å². The van der Waals surface area contributed by atoms with Crippen molar-refractivity contribution in [1.82, 2.24) is 4.72 Å². The number of para-hydroxylation sites is 1. The lowest BCUT2D eigenvalue weighted by molar-refractivity contribution is -0.123. The molecule has 2 N–H and O–H groups in total. The molecule has 0 radical (unpaired) electrons. The van der Waals surface area contributed by atoms with Crippen LogP contribution in [0.2, 0.25) is 10.0 Å². The molecule has 0 bridgehead atoms. The van der Waals surface area contributed by atoms with Crippen LogP contribution in [0.3, 0.4) is 0 Å². The van der Waals surface area contributed by atoms with Gasteiger partial charge in [-0.2, -0.15) is 0 Å². The lowest BCUT2D eigenvalue weighted by Gasteiger charge is -2.21. The van der Waals surface area contributed by atoms with Crippen molar-refractivity contribution in [3.8, 4) is 0 Å². The van der Waals surface area contributed by atoms with E-state index in [1.165, 1.54) is 19.1 Å². The van der Waals surface area contributed by atoms with Crippen molar-refractivity contribution in [2.24, 2.45) is 0 Å². The number of hydrogen-bond acceptors (Lipinski definition) is 5. The zero-order chi connectivity index (χ0) is 22.7. The molecule has 0 spiro atoms. The van der Waals surface area contributed by atoms with Gasteiger partial charge in [-0.3, -0.25) is 4.79 Å². The van der Waals surface area contributed by atoms with E-state index < -0.39 is 33.5 Å². The number of benzene rings is 2. The second-order valence-electron chi connectivity index (χ2n) is 7.52. The molecule has 0 aliphatic rings. The van der Waals surface area contributed by atoms with Crippen molar-refractivity contribution in [3.63, 3.8) is 0 Å². The normalized spacial score (nSPS) is 12.9. The van der Waals surface area contributed by atoms with Gasteiger partial charge in [0.05, 0.1) is 21.3 Å². The second-order valence-corrected chi connectivity index (χ2v) is 9.98. The predicted octanol–water partition coefficient (Wildman–Crippen LogP) is 4.25. The van der Waals surface area contributed by atoms with Crippen molar-refractivity contribution in [3.05, 3.63) is 58.1 Å². The van der Waals surface area contributed by atoms with Crippen LogP contribution in [0, 0.1) is 0 Å². The molecular formula is C20H22Cl2N2O5S. The van der Waals surface area contributed by atoms with Crippen molar-refractivity contribution < 1.29 is 22.7 Å². The number of hydrogen-bond donors (Lipinski definition) is 2. The van der Waals surface area contributed by atoms with Crippen LogP contribution in [-0.2, 0) is 19.6 Å². The van der Waals surface area contributed by atoms with E-state index in [0.29, 0.717) is 10.7 Å². The van der Waals surface area contributed by atoms with Gasteiger partial charge in [0.1, 0.15) is 4.90 Å². The number of amides is 1. The smallest absolute Gasteiger partial charge is 0.338 e. The van der Waals surface area contributed by atoms with Crippen LogP contribution in [0.1, 0.15) is 38.1 Å². The first-order valence-corrected chi connectivity index (χ1v) is 11.1. The first kappa shape index (κ1) is 24.1. The van der Waals surface area contributed by atoms with Gasteiger partial charge in [0, 0.05) is 5.54 Å². The Balaban J connectivity index is 2.17. The molecule has 0 aliphatic heterocycles. The minimum atomic E-state index is -3.98. The zero-order valence-corrected chi connectivity index (χ0v) is 19.2. The minimum absolute atomic E-state index is 0.0483. The summed E-state index contributed by atoms with van der Waals surface area (Å²) in [6.07, 6.45) is -1.16. The van der Waals surface area contributed by atoms with E-state index in [9.17, 15) is 18.0 Å². The molecule has 0 saturated heterocycles. The van der Waals surface area contributed by atoms with Gasteiger partial charge in [0.15, 0.2) is 6.10 Å². The van der Waals surface area contributed by atoms with E-state index in [1.54, 1.807) is 45.0 Å². The van der Waals surface area contributed by atoms with Gasteiger partial charge in [-0.1, -0.05) is 35.3 Å².